The maximum Gasteiger partial charge on any atom is 0.460 e. The maximum absolute atomic E-state index is 13.4. The molecule has 9 heteroatoms. The molecular formula is C16H24F3NO4Si. The van der Waals surface area contributed by atoms with Gasteiger partial charge in [-0.2, -0.15) is 13.2 Å². The molecule has 0 aliphatic rings. The summed E-state index contributed by atoms with van der Waals surface area (Å²) in [7, 11) is -1.34. The van der Waals surface area contributed by atoms with E-state index in [0.717, 1.165) is 0 Å². The first kappa shape index (κ1) is 21.4. The lowest BCUT2D eigenvalue weighted by Gasteiger charge is -2.40. The zero-order valence-corrected chi connectivity index (χ0v) is 16.2. The van der Waals surface area contributed by atoms with E-state index < -0.39 is 36.6 Å². The van der Waals surface area contributed by atoms with E-state index in [1.165, 1.54) is 25.3 Å². The Morgan fingerprint density at radius 2 is 1.76 bits per heavy atom. The fraction of sp³-hybridized carbons (Fsp3) is 0.625. The highest BCUT2D eigenvalue weighted by atomic mass is 28.4. The summed E-state index contributed by atoms with van der Waals surface area (Å²) < 4.78 is 51.2. The molecule has 5 nitrogen and oxygen atoms in total. The van der Waals surface area contributed by atoms with Crippen LogP contribution in [0.3, 0.4) is 0 Å². The Balaban J connectivity index is 3.47. The van der Waals surface area contributed by atoms with E-state index in [1.807, 2.05) is 20.8 Å². The van der Waals surface area contributed by atoms with E-state index in [9.17, 15) is 23.3 Å². The largest absolute Gasteiger partial charge is 0.497 e. The van der Waals surface area contributed by atoms with Crippen molar-refractivity contribution in [3.05, 3.63) is 39.9 Å². The van der Waals surface area contributed by atoms with E-state index in [1.54, 1.807) is 19.2 Å². The summed E-state index contributed by atoms with van der Waals surface area (Å²) in [5.41, 5.74) is 0.0724. The fourth-order valence-electron chi connectivity index (χ4n) is 2.03. The van der Waals surface area contributed by atoms with Crippen LogP contribution >= 0.6 is 0 Å². The normalized spacial score (nSPS) is 15.6. The first-order valence-electron chi connectivity index (χ1n) is 7.72. The van der Waals surface area contributed by atoms with E-state index in [2.05, 4.69) is 0 Å². The fourth-order valence-corrected chi connectivity index (χ4v) is 3.28. The maximum atomic E-state index is 13.4. The first-order valence-corrected chi connectivity index (χ1v) is 10.6. The van der Waals surface area contributed by atoms with Crippen LogP contribution in [0.1, 0.15) is 32.4 Å². The number of alkyl halides is 3. The molecule has 0 fully saturated rings. The number of hydrogen-bond donors (Lipinski definition) is 0. The Morgan fingerprint density at radius 3 is 2.16 bits per heavy atom. The summed E-state index contributed by atoms with van der Waals surface area (Å²) in [6.07, 6.45) is -6.79. The van der Waals surface area contributed by atoms with Gasteiger partial charge >= 0.3 is 12.2 Å². The molecule has 0 aromatic heterocycles. The van der Waals surface area contributed by atoms with Gasteiger partial charge in [0.25, 0.3) is 0 Å². The van der Waals surface area contributed by atoms with Gasteiger partial charge in [0, 0.05) is 4.92 Å². The highest BCUT2D eigenvalue weighted by Crippen LogP contribution is 2.43. The van der Waals surface area contributed by atoms with Crippen LogP contribution in [-0.4, -0.2) is 32.6 Å². The summed E-state index contributed by atoms with van der Waals surface area (Å²) in [6, 6.07) is 2.93. The predicted octanol–water partition coefficient (Wildman–Crippen LogP) is 4.97. The van der Waals surface area contributed by atoms with E-state index >= 15 is 0 Å². The van der Waals surface area contributed by atoms with E-state index in [4.69, 9.17) is 9.16 Å². The molecule has 0 spiro atoms. The number of nitro groups is 1. The van der Waals surface area contributed by atoms with Crippen molar-refractivity contribution in [2.75, 3.05) is 7.11 Å². The number of ether oxygens (including phenoxy) is 1. The van der Waals surface area contributed by atoms with Gasteiger partial charge in [-0.25, -0.2) is 0 Å². The van der Waals surface area contributed by atoms with Crippen molar-refractivity contribution in [2.45, 2.75) is 57.2 Å². The number of rotatable bonds is 6. The number of methoxy groups -OCH3 is 1. The highest BCUT2D eigenvalue weighted by molar-refractivity contribution is 6.74. The zero-order chi connectivity index (χ0) is 19.6. The molecule has 0 bridgehead atoms. The number of hydrogen-bond acceptors (Lipinski definition) is 4. The van der Waals surface area contributed by atoms with Crippen LogP contribution in [0.25, 0.3) is 0 Å². The van der Waals surface area contributed by atoms with Crippen molar-refractivity contribution in [1.29, 1.82) is 0 Å². The summed E-state index contributed by atoms with van der Waals surface area (Å²) in [4.78, 5) is 9.92. The zero-order valence-electron chi connectivity index (χ0n) is 15.2. The molecule has 1 rings (SSSR count). The van der Waals surface area contributed by atoms with E-state index in [0.29, 0.717) is 5.75 Å². The Bertz CT molecular complexity index is 614. The van der Waals surface area contributed by atoms with Crippen molar-refractivity contribution in [2.24, 2.45) is 0 Å². The van der Waals surface area contributed by atoms with Gasteiger partial charge in [-0.15, -0.1) is 0 Å². The molecule has 0 amide bonds. The Labute approximate surface area is 146 Å². The van der Waals surface area contributed by atoms with Gasteiger partial charge in [0.05, 0.1) is 7.11 Å². The summed E-state index contributed by atoms with van der Waals surface area (Å²) >= 11 is 0. The lowest BCUT2D eigenvalue weighted by atomic mass is 10.0. The minimum absolute atomic E-state index is 0.0724. The lowest BCUT2D eigenvalue weighted by Crippen LogP contribution is -2.49. The third-order valence-electron chi connectivity index (χ3n) is 4.50. The number of halogens is 3. The standard InChI is InChI=1S/C16H24F3NO4Si/c1-15(2,3)25(5,6)24-13(14(20(21)22)16(17,18)19)11-8-7-9-12(10-11)23-4/h7-10,13-14H,1-6H3/t13-,14-/m0/s1. The quantitative estimate of drug-likeness (QED) is 0.398. The van der Waals surface area contributed by atoms with Crippen LogP contribution < -0.4 is 4.74 Å². The minimum Gasteiger partial charge on any atom is -0.497 e. The van der Waals surface area contributed by atoms with Crippen LogP contribution in [0.2, 0.25) is 18.1 Å². The monoisotopic (exact) mass is 379 g/mol. The van der Waals surface area contributed by atoms with Gasteiger partial charge in [-0.05, 0) is 35.8 Å². The van der Waals surface area contributed by atoms with Crippen LogP contribution in [0.5, 0.6) is 5.75 Å². The second-order valence-electron chi connectivity index (χ2n) is 7.35. The molecule has 0 saturated carbocycles. The Hall–Kier alpha value is -1.61. The first-order chi connectivity index (χ1) is 11.2. The molecule has 0 aliphatic carbocycles. The molecule has 1 aromatic rings. The molecule has 0 heterocycles. The molecule has 142 valence electrons. The van der Waals surface area contributed by atoms with Crippen molar-refractivity contribution >= 4 is 8.32 Å². The van der Waals surface area contributed by atoms with Crippen LogP contribution in [0, 0.1) is 10.1 Å². The van der Waals surface area contributed by atoms with E-state index in [-0.39, 0.29) is 5.56 Å². The second kappa shape index (κ2) is 7.33. The molecular weight excluding hydrogens is 355 g/mol. The number of nitrogens with zero attached hydrogens (tertiary/aromatic N) is 1. The summed E-state index contributed by atoms with van der Waals surface area (Å²) in [6.45, 7) is 9.09. The van der Waals surface area contributed by atoms with Crippen molar-refractivity contribution < 1.29 is 27.3 Å². The Kier molecular flexibility index (Phi) is 6.28. The molecule has 0 N–H and O–H groups in total. The van der Waals surface area contributed by atoms with Crippen LogP contribution in [-0.2, 0) is 4.43 Å². The third-order valence-corrected chi connectivity index (χ3v) is 8.95. The molecule has 1 aromatic carbocycles. The average molecular weight is 379 g/mol. The topological polar surface area (TPSA) is 61.6 Å². The molecule has 0 unspecified atom stereocenters. The summed E-state index contributed by atoms with van der Waals surface area (Å²) in [5.74, 6) is 0.311. The van der Waals surface area contributed by atoms with Gasteiger partial charge in [-0.1, -0.05) is 32.9 Å². The lowest BCUT2D eigenvalue weighted by molar-refractivity contribution is -0.574. The van der Waals surface area contributed by atoms with Crippen molar-refractivity contribution in [1.82, 2.24) is 0 Å². The molecule has 2 atom stereocenters. The molecule has 0 saturated heterocycles. The van der Waals surface area contributed by atoms with Gasteiger partial charge in [-0.3, -0.25) is 10.1 Å². The predicted molar refractivity (Wildman–Crippen MR) is 90.9 cm³/mol. The second-order valence-corrected chi connectivity index (χ2v) is 12.1. The van der Waals surface area contributed by atoms with Crippen molar-refractivity contribution in [3.8, 4) is 5.75 Å². The number of benzene rings is 1. The molecule has 0 radical (unpaired) electrons. The molecule has 25 heavy (non-hydrogen) atoms. The average Bonchev–Trinajstić information content (AvgIpc) is 2.43. The Morgan fingerprint density at radius 1 is 1.20 bits per heavy atom. The van der Waals surface area contributed by atoms with Gasteiger partial charge < -0.3 is 9.16 Å². The van der Waals surface area contributed by atoms with Crippen LogP contribution in [0.15, 0.2) is 24.3 Å². The minimum atomic E-state index is -5.04. The van der Waals surface area contributed by atoms with Gasteiger partial charge in [0.15, 0.2) is 8.32 Å². The summed E-state index contributed by atoms with van der Waals surface area (Å²) in [5, 5.41) is 10.8. The smallest absolute Gasteiger partial charge is 0.460 e. The SMILES string of the molecule is COc1cccc([C@H](O[Si](C)(C)C(C)(C)C)[C@H]([N+](=O)[O-])C(F)(F)F)c1. The van der Waals surface area contributed by atoms with Gasteiger partial charge in [0.1, 0.15) is 11.9 Å². The molecule has 0 aliphatic heterocycles. The third kappa shape index (κ3) is 5.18. The highest BCUT2D eigenvalue weighted by Gasteiger charge is 2.57. The van der Waals surface area contributed by atoms with Gasteiger partial charge in [0.2, 0.25) is 0 Å². The van der Waals surface area contributed by atoms with Crippen molar-refractivity contribution in [3.63, 3.8) is 0 Å². The van der Waals surface area contributed by atoms with Crippen LogP contribution in [0.4, 0.5) is 13.2 Å².